The fourth-order valence-electron chi connectivity index (χ4n) is 1.47. The van der Waals surface area contributed by atoms with Gasteiger partial charge in [0.05, 0.1) is 11.9 Å². The van der Waals surface area contributed by atoms with Gasteiger partial charge in [0.15, 0.2) is 0 Å². The number of hydrogen-bond acceptors (Lipinski definition) is 3. The summed E-state index contributed by atoms with van der Waals surface area (Å²) < 4.78 is 0. The molecule has 0 spiro atoms. The Bertz CT molecular complexity index is 504. The van der Waals surface area contributed by atoms with E-state index in [1.165, 1.54) is 0 Å². The number of phenols is 1. The molecule has 3 N–H and O–H groups in total. The van der Waals surface area contributed by atoms with Crippen molar-refractivity contribution in [2.75, 3.05) is 0 Å². The fraction of sp³-hybridized carbons (Fsp3) is 0.200. The van der Waals surface area contributed by atoms with Crippen LogP contribution < -0.4 is 0 Å². The molecule has 1 heterocycles. The first-order valence-corrected chi connectivity index (χ1v) is 4.54. The van der Waals surface area contributed by atoms with Crippen molar-refractivity contribution < 1.29 is 15.0 Å². The highest BCUT2D eigenvalue weighted by Gasteiger charge is 2.07. The fourth-order valence-corrected chi connectivity index (χ4v) is 1.47. The Morgan fingerprint density at radius 2 is 2.27 bits per heavy atom. The zero-order valence-electron chi connectivity index (χ0n) is 7.90. The third kappa shape index (κ3) is 1.90. The minimum Gasteiger partial charge on any atom is -0.508 e. The quantitative estimate of drug-likeness (QED) is 0.706. The average molecular weight is 206 g/mol. The number of fused-ring (bicyclic) bond motifs is 1. The van der Waals surface area contributed by atoms with Crippen LogP contribution in [0.3, 0.4) is 0 Å². The summed E-state index contributed by atoms with van der Waals surface area (Å²) in [6.07, 6.45) is 0.433. The largest absolute Gasteiger partial charge is 0.508 e. The molecular weight excluding hydrogens is 196 g/mol. The van der Waals surface area contributed by atoms with Gasteiger partial charge in [0.1, 0.15) is 5.75 Å². The van der Waals surface area contributed by atoms with Crippen molar-refractivity contribution in [1.82, 2.24) is 10.2 Å². The number of aliphatic carboxylic acids is 1. The molecule has 0 atom stereocenters. The van der Waals surface area contributed by atoms with Gasteiger partial charge in [-0.15, -0.1) is 0 Å². The van der Waals surface area contributed by atoms with Crippen molar-refractivity contribution in [3.8, 4) is 5.75 Å². The number of aromatic amines is 1. The lowest BCUT2D eigenvalue weighted by Crippen LogP contribution is -1.97. The molecule has 15 heavy (non-hydrogen) atoms. The van der Waals surface area contributed by atoms with Crippen LogP contribution >= 0.6 is 0 Å². The number of aromatic hydroxyl groups is 1. The Morgan fingerprint density at radius 1 is 1.47 bits per heavy atom. The number of nitrogens with zero attached hydrogens (tertiary/aromatic N) is 1. The van der Waals surface area contributed by atoms with Crippen LogP contribution in [0, 0.1) is 0 Å². The summed E-state index contributed by atoms with van der Waals surface area (Å²) in [6.45, 7) is 0. The van der Waals surface area contributed by atoms with E-state index in [1.807, 2.05) is 0 Å². The second kappa shape index (κ2) is 3.61. The highest BCUT2D eigenvalue weighted by atomic mass is 16.4. The van der Waals surface area contributed by atoms with Crippen LogP contribution in [0.2, 0.25) is 0 Å². The smallest absolute Gasteiger partial charge is 0.303 e. The van der Waals surface area contributed by atoms with Crippen LogP contribution in [-0.2, 0) is 11.2 Å². The maximum Gasteiger partial charge on any atom is 0.303 e. The van der Waals surface area contributed by atoms with Crippen LogP contribution in [0.5, 0.6) is 5.75 Å². The molecule has 0 amide bonds. The molecule has 78 valence electrons. The van der Waals surface area contributed by atoms with Gasteiger partial charge in [-0.2, -0.15) is 5.10 Å². The monoisotopic (exact) mass is 206 g/mol. The van der Waals surface area contributed by atoms with Crippen molar-refractivity contribution in [2.45, 2.75) is 12.8 Å². The van der Waals surface area contributed by atoms with Crippen LogP contribution in [0.4, 0.5) is 0 Å². The van der Waals surface area contributed by atoms with E-state index in [0.29, 0.717) is 6.42 Å². The molecule has 5 nitrogen and oxygen atoms in total. The van der Waals surface area contributed by atoms with Gasteiger partial charge in [0.25, 0.3) is 0 Å². The Morgan fingerprint density at radius 3 is 3.00 bits per heavy atom. The van der Waals surface area contributed by atoms with Gasteiger partial charge in [-0.05, 0) is 18.2 Å². The minimum absolute atomic E-state index is 0.0486. The number of hydrogen-bond donors (Lipinski definition) is 3. The van der Waals surface area contributed by atoms with Gasteiger partial charge in [0.2, 0.25) is 0 Å². The summed E-state index contributed by atoms with van der Waals surface area (Å²) in [5, 5.41) is 25.4. The van der Waals surface area contributed by atoms with Crippen LogP contribution in [0.25, 0.3) is 10.9 Å². The zero-order valence-corrected chi connectivity index (χ0v) is 7.90. The molecule has 1 aromatic carbocycles. The molecule has 0 saturated carbocycles. The molecule has 0 unspecified atom stereocenters. The molecule has 2 aromatic rings. The maximum absolute atomic E-state index is 10.4. The highest BCUT2D eigenvalue weighted by Crippen LogP contribution is 2.21. The first-order valence-electron chi connectivity index (χ1n) is 4.54. The third-order valence-corrected chi connectivity index (χ3v) is 2.21. The highest BCUT2D eigenvalue weighted by molar-refractivity contribution is 5.83. The van der Waals surface area contributed by atoms with E-state index < -0.39 is 5.97 Å². The molecule has 1 aromatic heterocycles. The van der Waals surface area contributed by atoms with Crippen molar-refractivity contribution in [3.05, 3.63) is 23.9 Å². The van der Waals surface area contributed by atoms with Crippen molar-refractivity contribution in [1.29, 1.82) is 0 Å². The Balaban J connectivity index is 2.35. The number of aryl methyl sites for hydroxylation is 1. The number of rotatable bonds is 3. The van der Waals surface area contributed by atoms with Gasteiger partial charge in [-0.3, -0.25) is 9.89 Å². The molecule has 2 rings (SSSR count). The number of nitrogens with one attached hydrogen (secondary N) is 1. The van der Waals surface area contributed by atoms with Crippen molar-refractivity contribution in [3.63, 3.8) is 0 Å². The second-order valence-electron chi connectivity index (χ2n) is 3.30. The predicted octanol–water partition coefficient (Wildman–Crippen LogP) is 1.29. The Labute approximate surface area is 85.4 Å². The summed E-state index contributed by atoms with van der Waals surface area (Å²) in [5.41, 5.74) is 1.47. The summed E-state index contributed by atoms with van der Waals surface area (Å²) in [4.78, 5) is 10.4. The van der Waals surface area contributed by atoms with Crippen molar-refractivity contribution >= 4 is 16.9 Å². The van der Waals surface area contributed by atoms with Crippen molar-refractivity contribution in [2.24, 2.45) is 0 Å². The van der Waals surface area contributed by atoms with E-state index in [4.69, 9.17) is 5.11 Å². The second-order valence-corrected chi connectivity index (χ2v) is 3.30. The standard InChI is InChI=1S/C10H10N2O3/c13-6-1-2-8-7(5-6)9(12-11-8)3-4-10(14)15/h1-2,5,13H,3-4H2,(H,11,12)(H,14,15). The molecule has 0 bridgehead atoms. The van der Waals surface area contributed by atoms with Crippen LogP contribution in [0.15, 0.2) is 18.2 Å². The first kappa shape index (κ1) is 9.51. The van der Waals surface area contributed by atoms with E-state index in [-0.39, 0.29) is 12.2 Å². The van der Waals surface area contributed by atoms with E-state index in [0.717, 1.165) is 16.6 Å². The number of benzene rings is 1. The molecule has 0 saturated heterocycles. The maximum atomic E-state index is 10.4. The number of carboxylic acids is 1. The van der Waals surface area contributed by atoms with E-state index in [1.54, 1.807) is 18.2 Å². The lowest BCUT2D eigenvalue weighted by atomic mass is 10.1. The summed E-state index contributed by atoms with van der Waals surface area (Å²) in [5.74, 6) is -0.696. The number of phenolic OH excluding ortho intramolecular Hbond substituents is 1. The van der Waals surface area contributed by atoms with Crippen LogP contribution in [0.1, 0.15) is 12.1 Å². The summed E-state index contributed by atoms with van der Waals surface area (Å²) >= 11 is 0. The van der Waals surface area contributed by atoms with Gasteiger partial charge >= 0.3 is 5.97 Å². The molecule has 0 aliphatic heterocycles. The SMILES string of the molecule is O=C(O)CCc1[nH]nc2ccc(O)cc12. The number of H-pyrrole nitrogens is 1. The van der Waals surface area contributed by atoms with Gasteiger partial charge < -0.3 is 10.2 Å². The van der Waals surface area contributed by atoms with E-state index in [2.05, 4.69) is 10.2 Å². The average Bonchev–Trinajstić information content (AvgIpc) is 2.57. The normalized spacial score (nSPS) is 10.7. The molecule has 0 fully saturated rings. The zero-order chi connectivity index (χ0) is 10.8. The molecule has 0 aliphatic carbocycles. The lowest BCUT2D eigenvalue weighted by Gasteiger charge is -1.95. The van der Waals surface area contributed by atoms with Gasteiger partial charge in [-0.1, -0.05) is 0 Å². The van der Waals surface area contributed by atoms with Gasteiger partial charge in [0, 0.05) is 17.5 Å². The number of aromatic nitrogens is 2. The third-order valence-electron chi connectivity index (χ3n) is 2.21. The number of carbonyl (C=O) groups is 1. The molecule has 0 radical (unpaired) electrons. The summed E-state index contributed by atoms with van der Waals surface area (Å²) in [7, 11) is 0. The predicted molar refractivity (Wildman–Crippen MR) is 53.7 cm³/mol. The minimum atomic E-state index is -0.849. The number of carboxylic acid groups (broad SMARTS) is 1. The summed E-state index contributed by atoms with van der Waals surface area (Å²) in [6, 6.07) is 4.81. The van der Waals surface area contributed by atoms with E-state index >= 15 is 0 Å². The molecule has 5 heteroatoms. The first-order chi connectivity index (χ1) is 7.16. The van der Waals surface area contributed by atoms with E-state index in [9.17, 15) is 9.90 Å². The van der Waals surface area contributed by atoms with Gasteiger partial charge in [-0.25, -0.2) is 0 Å². The Hall–Kier alpha value is -2.04. The topological polar surface area (TPSA) is 86.2 Å². The molecule has 0 aliphatic rings. The molecular formula is C10H10N2O3. The lowest BCUT2D eigenvalue weighted by molar-refractivity contribution is -0.136. The van der Waals surface area contributed by atoms with Crippen LogP contribution in [-0.4, -0.2) is 26.4 Å². The Kier molecular flexibility index (Phi) is 2.29.